The van der Waals surface area contributed by atoms with Gasteiger partial charge in [0.05, 0.1) is 13.1 Å². The van der Waals surface area contributed by atoms with Crippen molar-refractivity contribution >= 4 is 23.8 Å². The number of nitrogens with one attached hydrogen (secondary N) is 2. The normalized spacial score (nSPS) is 19.3. The first kappa shape index (κ1) is 17.4. The average molecular weight is 390 g/mol. The van der Waals surface area contributed by atoms with E-state index in [4.69, 9.17) is 0 Å². The zero-order valence-corrected chi connectivity index (χ0v) is 15.5. The van der Waals surface area contributed by atoms with Gasteiger partial charge in [0.15, 0.2) is 5.54 Å². The molecule has 146 valence electrons. The molecular weight excluding hydrogens is 372 g/mol. The van der Waals surface area contributed by atoms with E-state index >= 15 is 0 Å². The third kappa shape index (κ3) is 2.67. The zero-order chi connectivity index (χ0) is 20.2. The average Bonchev–Trinajstić information content (AvgIpc) is 3.29. The summed E-state index contributed by atoms with van der Waals surface area (Å²) < 4.78 is 0. The topological polar surface area (TPSA) is 98.8 Å². The van der Waals surface area contributed by atoms with Crippen molar-refractivity contribution in [2.24, 2.45) is 0 Å². The van der Waals surface area contributed by atoms with Gasteiger partial charge in [-0.25, -0.2) is 4.79 Å². The third-order valence-corrected chi connectivity index (χ3v) is 5.73. The van der Waals surface area contributed by atoms with Crippen LogP contribution in [0.2, 0.25) is 0 Å². The SMILES string of the molecule is O=C1NC(=O)C(CN2Cc3ccccc3C2=O)(CN2Cc3ccccc3C2=O)N1. The van der Waals surface area contributed by atoms with Crippen LogP contribution < -0.4 is 10.6 Å². The number of fused-ring (bicyclic) bond motifs is 2. The monoisotopic (exact) mass is 390 g/mol. The molecule has 0 saturated carbocycles. The maximum atomic E-state index is 12.8. The molecule has 5 amide bonds. The molecule has 0 bridgehead atoms. The van der Waals surface area contributed by atoms with E-state index in [1.54, 1.807) is 34.1 Å². The van der Waals surface area contributed by atoms with Crippen LogP contribution in [0.1, 0.15) is 31.8 Å². The number of hydrogen-bond acceptors (Lipinski definition) is 4. The molecule has 3 aliphatic heterocycles. The van der Waals surface area contributed by atoms with E-state index in [2.05, 4.69) is 10.6 Å². The second-order valence-corrected chi connectivity index (χ2v) is 7.63. The Labute approximate surface area is 166 Å². The number of carbonyl (C=O) groups is 4. The fourth-order valence-corrected chi connectivity index (χ4v) is 4.34. The lowest BCUT2D eigenvalue weighted by atomic mass is 9.98. The van der Waals surface area contributed by atoms with Crippen LogP contribution in [-0.2, 0) is 17.9 Å². The smallest absolute Gasteiger partial charge is 0.322 e. The van der Waals surface area contributed by atoms with E-state index in [9.17, 15) is 19.2 Å². The molecule has 0 aliphatic carbocycles. The van der Waals surface area contributed by atoms with Gasteiger partial charge >= 0.3 is 6.03 Å². The van der Waals surface area contributed by atoms with Crippen LogP contribution in [0.25, 0.3) is 0 Å². The number of rotatable bonds is 4. The molecule has 0 atom stereocenters. The van der Waals surface area contributed by atoms with E-state index in [-0.39, 0.29) is 24.9 Å². The minimum atomic E-state index is -1.40. The summed E-state index contributed by atoms with van der Waals surface area (Å²) >= 11 is 0. The molecule has 2 N–H and O–H groups in total. The Morgan fingerprint density at radius 2 is 1.24 bits per heavy atom. The first-order valence-electron chi connectivity index (χ1n) is 9.35. The highest BCUT2D eigenvalue weighted by Crippen LogP contribution is 2.28. The van der Waals surface area contributed by atoms with Crippen LogP contribution in [-0.4, -0.2) is 52.2 Å². The molecule has 5 rings (SSSR count). The van der Waals surface area contributed by atoms with Gasteiger partial charge in [-0.15, -0.1) is 0 Å². The van der Waals surface area contributed by atoms with Gasteiger partial charge in [0.1, 0.15) is 0 Å². The first-order valence-corrected chi connectivity index (χ1v) is 9.35. The molecule has 1 fully saturated rings. The van der Waals surface area contributed by atoms with Gasteiger partial charge in [0, 0.05) is 24.2 Å². The highest BCUT2D eigenvalue weighted by Gasteiger charge is 2.51. The van der Waals surface area contributed by atoms with Gasteiger partial charge in [0.2, 0.25) is 0 Å². The highest BCUT2D eigenvalue weighted by molar-refractivity contribution is 6.08. The van der Waals surface area contributed by atoms with E-state index in [0.717, 1.165) is 11.1 Å². The van der Waals surface area contributed by atoms with E-state index in [1.807, 2.05) is 24.3 Å². The van der Waals surface area contributed by atoms with E-state index in [0.29, 0.717) is 24.2 Å². The lowest BCUT2D eigenvalue weighted by Gasteiger charge is -2.34. The Morgan fingerprint density at radius 1 is 0.759 bits per heavy atom. The van der Waals surface area contributed by atoms with Crippen molar-refractivity contribution in [3.63, 3.8) is 0 Å². The molecule has 2 aromatic carbocycles. The summed E-state index contributed by atoms with van der Waals surface area (Å²) in [5, 5.41) is 4.94. The summed E-state index contributed by atoms with van der Waals surface area (Å²) in [5.41, 5.74) is 1.55. The highest BCUT2D eigenvalue weighted by atomic mass is 16.2. The van der Waals surface area contributed by atoms with Gasteiger partial charge in [-0.1, -0.05) is 36.4 Å². The van der Waals surface area contributed by atoms with Gasteiger partial charge in [-0.05, 0) is 23.3 Å². The number of imide groups is 1. The maximum Gasteiger partial charge on any atom is 0.322 e. The Kier molecular flexibility index (Phi) is 3.70. The standard InChI is InChI=1S/C21H18N4O4/c26-17-15-7-3-1-5-13(15)9-24(17)11-21(19(28)22-20(29)23-21)12-25-10-14-6-2-4-8-16(14)18(25)27/h1-8H,9-12H2,(H2,22,23,28,29). The number of amides is 5. The van der Waals surface area contributed by atoms with Gasteiger partial charge in [-0.3, -0.25) is 19.7 Å². The lowest BCUT2D eigenvalue weighted by Crippen LogP contribution is -2.61. The molecular formula is C21H18N4O4. The Hall–Kier alpha value is -3.68. The van der Waals surface area contributed by atoms with Crippen molar-refractivity contribution in [1.29, 1.82) is 0 Å². The van der Waals surface area contributed by atoms with Crippen molar-refractivity contribution in [1.82, 2.24) is 20.4 Å². The van der Waals surface area contributed by atoms with Crippen molar-refractivity contribution in [2.45, 2.75) is 18.6 Å². The molecule has 8 heteroatoms. The second kappa shape index (κ2) is 6.16. The molecule has 8 nitrogen and oxygen atoms in total. The summed E-state index contributed by atoms with van der Waals surface area (Å²) in [5.74, 6) is -0.912. The third-order valence-electron chi connectivity index (χ3n) is 5.73. The fraction of sp³-hybridized carbons (Fsp3) is 0.238. The molecule has 3 heterocycles. The molecule has 0 aromatic heterocycles. The molecule has 0 unspecified atom stereocenters. The summed E-state index contributed by atoms with van der Waals surface area (Å²) in [4.78, 5) is 53.4. The Morgan fingerprint density at radius 3 is 1.66 bits per heavy atom. The van der Waals surface area contributed by atoms with Crippen molar-refractivity contribution in [2.75, 3.05) is 13.1 Å². The molecule has 29 heavy (non-hydrogen) atoms. The Bertz CT molecular complexity index is 1010. The van der Waals surface area contributed by atoms with Crippen LogP contribution >= 0.6 is 0 Å². The predicted octanol–water partition coefficient (Wildman–Crippen LogP) is 0.877. The van der Waals surface area contributed by atoms with Gasteiger partial charge < -0.3 is 15.1 Å². The summed E-state index contributed by atoms with van der Waals surface area (Å²) in [6, 6.07) is 13.9. The van der Waals surface area contributed by atoms with Crippen molar-refractivity contribution in [3.05, 3.63) is 70.8 Å². The van der Waals surface area contributed by atoms with Crippen molar-refractivity contribution in [3.8, 4) is 0 Å². The molecule has 2 aromatic rings. The van der Waals surface area contributed by atoms with Crippen LogP contribution in [0.5, 0.6) is 0 Å². The molecule has 3 aliphatic rings. The number of benzene rings is 2. The van der Waals surface area contributed by atoms with Gasteiger partial charge in [-0.2, -0.15) is 0 Å². The number of nitrogens with zero attached hydrogens (tertiary/aromatic N) is 2. The fourth-order valence-electron chi connectivity index (χ4n) is 4.34. The number of carbonyl (C=O) groups excluding carboxylic acids is 4. The van der Waals surface area contributed by atoms with Crippen LogP contribution in [0.15, 0.2) is 48.5 Å². The molecule has 1 saturated heterocycles. The zero-order valence-electron chi connectivity index (χ0n) is 15.5. The second-order valence-electron chi connectivity index (χ2n) is 7.63. The number of urea groups is 1. The largest absolute Gasteiger partial charge is 0.331 e. The summed E-state index contributed by atoms with van der Waals surface area (Å²) in [7, 11) is 0. The van der Waals surface area contributed by atoms with Crippen LogP contribution in [0.4, 0.5) is 4.79 Å². The minimum absolute atomic E-state index is 0.0157. The minimum Gasteiger partial charge on any atom is -0.331 e. The molecule has 0 radical (unpaired) electrons. The maximum absolute atomic E-state index is 12.8. The number of hydrogen-bond donors (Lipinski definition) is 2. The summed E-state index contributed by atoms with van der Waals surface area (Å²) in [6.45, 7) is 0.679. The predicted molar refractivity (Wildman–Crippen MR) is 102 cm³/mol. The van der Waals surface area contributed by atoms with Crippen LogP contribution in [0.3, 0.4) is 0 Å². The van der Waals surface area contributed by atoms with Crippen LogP contribution in [0, 0.1) is 0 Å². The van der Waals surface area contributed by atoms with Crippen molar-refractivity contribution < 1.29 is 19.2 Å². The molecule has 0 spiro atoms. The van der Waals surface area contributed by atoms with E-state index in [1.165, 1.54) is 0 Å². The lowest BCUT2D eigenvalue weighted by molar-refractivity contribution is -0.125. The first-order chi connectivity index (χ1) is 14.0. The van der Waals surface area contributed by atoms with Gasteiger partial charge in [0.25, 0.3) is 17.7 Å². The quantitative estimate of drug-likeness (QED) is 0.757. The van der Waals surface area contributed by atoms with E-state index < -0.39 is 17.5 Å². The summed E-state index contributed by atoms with van der Waals surface area (Å²) in [6.07, 6.45) is 0. The Balaban J connectivity index is 1.43.